The minimum Gasteiger partial charge on any atom is -0.496 e. The number of ether oxygens (including phenoxy) is 1. The number of fused-ring (bicyclic) bond motifs is 1. The molecular formula is C18H17NO4. The summed E-state index contributed by atoms with van der Waals surface area (Å²) in [7, 11) is 3.26. The minimum absolute atomic E-state index is 0.0712. The summed E-state index contributed by atoms with van der Waals surface area (Å²) in [6, 6.07) is 12.4. The molecule has 0 aliphatic carbocycles. The topological polar surface area (TPSA) is 66.8 Å². The van der Waals surface area contributed by atoms with Gasteiger partial charge in [0, 0.05) is 23.9 Å². The number of aliphatic hydroxyl groups excluding tert-OH is 1. The van der Waals surface area contributed by atoms with Gasteiger partial charge >= 0.3 is 0 Å². The average molecular weight is 311 g/mol. The van der Waals surface area contributed by atoms with E-state index in [-0.39, 0.29) is 11.7 Å². The fourth-order valence-electron chi connectivity index (χ4n) is 3.01. The second-order valence-corrected chi connectivity index (χ2v) is 5.43. The number of likely N-dealkylation sites (N-methyl/N-ethyl adjacent to an activating group) is 1. The van der Waals surface area contributed by atoms with E-state index in [0.717, 1.165) is 11.3 Å². The quantitative estimate of drug-likeness (QED) is 0.877. The fraction of sp³-hybridized carbons (Fsp3) is 0.222. The average Bonchev–Trinajstić information content (AvgIpc) is 2.85. The van der Waals surface area contributed by atoms with E-state index < -0.39 is 12.5 Å². The molecule has 0 saturated heterocycles. The summed E-state index contributed by atoms with van der Waals surface area (Å²) in [6.45, 7) is -0.569. The van der Waals surface area contributed by atoms with E-state index in [1.54, 1.807) is 30.1 Å². The fourth-order valence-corrected chi connectivity index (χ4v) is 3.01. The summed E-state index contributed by atoms with van der Waals surface area (Å²) in [5.74, 6) is -0.431. The first-order valence-electron chi connectivity index (χ1n) is 7.27. The molecule has 23 heavy (non-hydrogen) atoms. The standard InChI is InChI=1S/C18H17NO4/c1-19-14-6-4-3-5-12(14)17(18(19)22)13-9-11(15(21)10-20)7-8-16(13)23-2/h3-9,17,20H,10H2,1-2H3. The summed E-state index contributed by atoms with van der Waals surface area (Å²) in [5.41, 5.74) is 2.73. The first-order valence-corrected chi connectivity index (χ1v) is 7.27. The number of benzene rings is 2. The number of para-hydroxylation sites is 1. The molecule has 1 amide bonds. The van der Waals surface area contributed by atoms with Crippen LogP contribution in [-0.2, 0) is 4.79 Å². The van der Waals surface area contributed by atoms with Gasteiger partial charge in [-0.2, -0.15) is 0 Å². The van der Waals surface area contributed by atoms with Gasteiger partial charge in [0.1, 0.15) is 12.4 Å². The molecule has 1 unspecified atom stereocenters. The molecule has 3 rings (SSSR count). The summed E-state index contributed by atoms with van der Waals surface area (Å²) in [4.78, 5) is 26.1. The Balaban J connectivity index is 2.18. The summed E-state index contributed by atoms with van der Waals surface area (Å²) in [6.07, 6.45) is 0. The lowest BCUT2D eigenvalue weighted by atomic mass is 9.90. The maximum absolute atomic E-state index is 12.7. The number of carbonyl (C=O) groups excluding carboxylic acids is 2. The first kappa shape index (κ1) is 15.2. The van der Waals surface area contributed by atoms with Crippen LogP contribution in [0.2, 0.25) is 0 Å². The lowest BCUT2D eigenvalue weighted by molar-refractivity contribution is -0.118. The Kier molecular flexibility index (Phi) is 3.88. The first-order chi connectivity index (χ1) is 11.1. The van der Waals surface area contributed by atoms with Crippen molar-refractivity contribution in [2.45, 2.75) is 5.92 Å². The van der Waals surface area contributed by atoms with Crippen LogP contribution in [0.4, 0.5) is 5.69 Å². The van der Waals surface area contributed by atoms with Crippen molar-refractivity contribution in [3.8, 4) is 5.75 Å². The summed E-state index contributed by atoms with van der Waals surface area (Å²) < 4.78 is 5.38. The SMILES string of the molecule is COc1ccc(C(=O)CO)cc1C1C(=O)N(C)c2ccccc21. The molecule has 2 aromatic carbocycles. The third-order valence-electron chi connectivity index (χ3n) is 4.19. The number of rotatable bonds is 4. The predicted octanol–water partition coefficient (Wildman–Crippen LogP) is 1.98. The molecule has 0 aromatic heterocycles. The van der Waals surface area contributed by atoms with Crippen molar-refractivity contribution in [3.63, 3.8) is 0 Å². The van der Waals surface area contributed by atoms with Crippen molar-refractivity contribution < 1.29 is 19.4 Å². The second kappa shape index (κ2) is 5.85. The summed E-state index contributed by atoms with van der Waals surface area (Å²) >= 11 is 0. The number of hydrogen-bond donors (Lipinski definition) is 1. The van der Waals surface area contributed by atoms with Gasteiger partial charge in [0.2, 0.25) is 5.91 Å². The number of amides is 1. The van der Waals surface area contributed by atoms with E-state index in [1.165, 1.54) is 7.11 Å². The van der Waals surface area contributed by atoms with Crippen LogP contribution < -0.4 is 9.64 Å². The third kappa shape index (κ3) is 2.39. The van der Waals surface area contributed by atoms with E-state index >= 15 is 0 Å². The van der Waals surface area contributed by atoms with Gasteiger partial charge in [0.05, 0.1) is 13.0 Å². The Morgan fingerprint density at radius 3 is 2.65 bits per heavy atom. The van der Waals surface area contributed by atoms with E-state index in [2.05, 4.69) is 0 Å². The molecule has 1 aliphatic heterocycles. The monoisotopic (exact) mass is 311 g/mol. The van der Waals surface area contributed by atoms with Crippen LogP contribution in [-0.4, -0.2) is 37.6 Å². The van der Waals surface area contributed by atoms with Crippen LogP contribution >= 0.6 is 0 Å². The highest BCUT2D eigenvalue weighted by Crippen LogP contribution is 2.43. The van der Waals surface area contributed by atoms with Gasteiger partial charge in [-0.15, -0.1) is 0 Å². The molecule has 0 bridgehead atoms. The predicted molar refractivity (Wildman–Crippen MR) is 86.1 cm³/mol. The number of hydrogen-bond acceptors (Lipinski definition) is 4. The molecule has 118 valence electrons. The molecule has 0 fully saturated rings. The van der Waals surface area contributed by atoms with Crippen LogP contribution in [0.5, 0.6) is 5.75 Å². The van der Waals surface area contributed by atoms with Gasteiger partial charge in [-0.05, 0) is 29.8 Å². The van der Waals surface area contributed by atoms with Crippen LogP contribution in [0.1, 0.15) is 27.4 Å². The van der Waals surface area contributed by atoms with Crippen molar-refractivity contribution in [2.75, 3.05) is 25.7 Å². The highest BCUT2D eigenvalue weighted by molar-refractivity contribution is 6.07. The zero-order valence-corrected chi connectivity index (χ0v) is 12.9. The molecule has 1 heterocycles. The summed E-state index contributed by atoms with van der Waals surface area (Å²) in [5, 5.41) is 9.07. The zero-order chi connectivity index (χ0) is 16.6. The Labute approximate surface area is 134 Å². The smallest absolute Gasteiger partial charge is 0.238 e. The van der Waals surface area contributed by atoms with E-state index in [9.17, 15) is 9.59 Å². The molecule has 1 N–H and O–H groups in total. The highest BCUT2D eigenvalue weighted by atomic mass is 16.5. The molecule has 1 atom stereocenters. The molecule has 5 nitrogen and oxygen atoms in total. The normalized spacial score (nSPS) is 16.4. The van der Waals surface area contributed by atoms with Gasteiger partial charge in [0.15, 0.2) is 5.78 Å². The van der Waals surface area contributed by atoms with Crippen molar-refractivity contribution in [2.24, 2.45) is 0 Å². The maximum atomic E-state index is 12.7. The van der Waals surface area contributed by atoms with Crippen LogP contribution in [0, 0.1) is 0 Å². The number of Topliss-reactive ketones (excluding diaryl/α,β-unsaturated/α-hetero) is 1. The Morgan fingerprint density at radius 1 is 1.22 bits per heavy atom. The van der Waals surface area contributed by atoms with Crippen molar-refractivity contribution >= 4 is 17.4 Å². The number of aliphatic hydroxyl groups is 1. The Bertz CT molecular complexity index is 784. The zero-order valence-electron chi connectivity index (χ0n) is 12.9. The van der Waals surface area contributed by atoms with Crippen molar-refractivity contribution in [1.29, 1.82) is 0 Å². The van der Waals surface area contributed by atoms with E-state index in [4.69, 9.17) is 9.84 Å². The van der Waals surface area contributed by atoms with Gasteiger partial charge in [-0.25, -0.2) is 0 Å². The van der Waals surface area contributed by atoms with Gasteiger partial charge in [-0.1, -0.05) is 18.2 Å². The second-order valence-electron chi connectivity index (χ2n) is 5.43. The molecule has 1 aliphatic rings. The molecule has 0 radical (unpaired) electrons. The van der Waals surface area contributed by atoms with Gasteiger partial charge < -0.3 is 14.7 Å². The van der Waals surface area contributed by atoms with Crippen LogP contribution in [0.3, 0.4) is 0 Å². The number of anilines is 1. The molecule has 2 aromatic rings. The van der Waals surface area contributed by atoms with Crippen molar-refractivity contribution in [1.82, 2.24) is 0 Å². The maximum Gasteiger partial charge on any atom is 0.238 e. The van der Waals surface area contributed by atoms with E-state index in [0.29, 0.717) is 16.9 Å². The lowest BCUT2D eigenvalue weighted by Gasteiger charge is -2.16. The molecule has 5 heteroatoms. The van der Waals surface area contributed by atoms with Crippen molar-refractivity contribution in [3.05, 3.63) is 59.2 Å². The van der Waals surface area contributed by atoms with Gasteiger partial charge in [-0.3, -0.25) is 9.59 Å². The Morgan fingerprint density at radius 2 is 1.96 bits per heavy atom. The molecular weight excluding hydrogens is 294 g/mol. The molecule has 0 spiro atoms. The number of nitrogens with zero attached hydrogens (tertiary/aromatic N) is 1. The number of methoxy groups -OCH3 is 1. The van der Waals surface area contributed by atoms with Crippen LogP contribution in [0.15, 0.2) is 42.5 Å². The lowest BCUT2D eigenvalue weighted by Crippen LogP contribution is -2.24. The largest absolute Gasteiger partial charge is 0.496 e. The minimum atomic E-state index is -0.569. The van der Waals surface area contributed by atoms with Crippen LogP contribution in [0.25, 0.3) is 0 Å². The number of ketones is 1. The number of carbonyl (C=O) groups is 2. The van der Waals surface area contributed by atoms with E-state index in [1.807, 2.05) is 24.3 Å². The molecule has 0 saturated carbocycles. The Hall–Kier alpha value is -2.66. The highest BCUT2D eigenvalue weighted by Gasteiger charge is 2.37. The third-order valence-corrected chi connectivity index (χ3v) is 4.19. The van der Waals surface area contributed by atoms with Gasteiger partial charge in [0.25, 0.3) is 0 Å².